The van der Waals surface area contributed by atoms with Crippen LogP contribution in [0.1, 0.15) is 6.42 Å². The zero-order valence-corrected chi connectivity index (χ0v) is 11.6. The Hall–Kier alpha value is -0.430. The summed E-state index contributed by atoms with van der Waals surface area (Å²) >= 11 is 5.33. The fraction of sp³-hybridized carbons (Fsp3) is 0.909. The Bertz CT molecular complexity index is 229. The van der Waals surface area contributed by atoms with Crippen LogP contribution in [0.4, 0.5) is 0 Å². The Labute approximate surface area is 108 Å². The van der Waals surface area contributed by atoms with Crippen LogP contribution >= 0.6 is 12.2 Å². The topological polar surface area (TPSA) is 43.0 Å². The van der Waals surface area contributed by atoms with Gasteiger partial charge in [0.15, 0.2) is 5.11 Å². The van der Waals surface area contributed by atoms with E-state index in [9.17, 15) is 0 Å². The summed E-state index contributed by atoms with van der Waals surface area (Å²) in [5.41, 5.74) is 0. The molecule has 0 aromatic carbocycles. The number of nitrogens with zero attached hydrogens (tertiary/aromatic N) is 1. The predicted molar refractivity (Wildman–Crippen MR) is 70.3 cm³/mol. The highest BCUT2D eigenvalue weighted by Gasteiger charge is 2.33. The maximum atomic E-state index is 5.36. The second-order valence-corrected chi connectivity index (χ2v) is 4.42. The first-order valence-corrected chi connectivity index (χ1v) is 6.21. The number of thiocarbonyl (C=S) groups is 1. The summed E-state index contributed by atoms with van der Waals surface area (Å²) in [5.74, 6) is 0. The number of hydrogen-bond donors (Lipinski definition) is 1. The van der Waals surface area contributed by atoms with Gasteiger partial charge in [0.05, 0.1) is 0 Å². The molecular weight excluding hydrogens is 240 g/mol. The highest BCUT2D eigenvalue weighted by molar-refractivity contribution is 7.80. The average molecular weight is 262 g/mol. The molecule has 0 bridgehead atoms. The summed E-state index contributed by atoms with van der Waals surface area (Å²) in [6.07, 6.45) is 1.14. The van der Waals surface area contributed by atoms with E-state index in [4.69, 9.17) is 26.4 Å². The third-order valence-corrected chi connectivity index (χ3v) is 3.31. The molecule has 6 heteroatoms. The Balaban J connectivity index is 2.28. The zero-order chi connectivity index (χ0) is 12.7. The lowest BCUT2D eigenvalue weighted by molar-refractivity contribution is -0.00461. The van der Waals surface area contributed by atoms with Gasteiger partial charge in [0.2, 0.25) is 0 Å². The molecule has 0 saturated carbocycles. The molecule has 1 aliphatic heterocycles. The second kappa shape index (κ2) is 7.81. The maximum Gasteiger partial charge on any atom is 0.169 e. The molecule has 0 aromatic heterocycles. The van der Waals surface area contributed by atoms with Crippen molar-refractivity contribution in [1.29, 1.82) is 0 Å². The molecule has 17 heavy (non-hydrogen) atoms. The first kappa shape index (κ1) is 14.6. The number of ether oxygens (including phenoxy) is 3. The minimum absolute atomic E-state index is 0.0960. The van der Waals surface area contributed by atoms with Crippen molar-refractivity contribution in [2.45, 2.75) is 18.6 Å². The van der Waals surface area contributed by atoms with Crippen LogP contribution in [-0.4, -0.2) is 69.8 Å². The second-order valence-electron chi connectivity index (χ2n) is 4.03. The summed E-state index contributed by atoms with van der Waals surface area (Å²) in [6.45, 7) is 3.14. The molecule has 1 fully saturated rings. The van der Waals surface area contributed by atoms with E-state index in [1.54, 1.807) is 21.3 Å². The van der Waals surface area contributed by atoms with Gasteiger partial charge in [-0.1, -0.05) is 0 Å². The first-order valence-electron chi connectivity index (χ1n) is 5.80. The van der Waals surface area contributed by atoms with E-state index in [0.717, 1.165) is 37.8 Å². The van der Waals surface area contributed by atoms with Crippen molar-refractivity contribution in [2.24, 2.45) is 0 Å². The van der Waals surface area contributed by atoms with Gasteiger partial charge in [-0.15, -0.1) is 0 Å². The van der Waals surface area contributed by atoms with Crippen LogP contribution in [0.25, 0.3) is 0 Å². The van der Waals surface area contributed by atoms with Crippen LogP contribution in [0.3, 0.4) is 0 Å². The maximum absolute atomic E-state index is 5.36. The summed E-state index contributed by atoms with van der Waals surface area (Å²) in [5, 5.41) is 3.98. The van der Waals surface area contributed by atoms with Gasteiger partial charge in [0, 0.05) is 47.6 Å². The first-order chi connectivity index (χ1) is 8.22. The fourth-order valence-electron chi connectivity index (χ4n) is 1.89. The van der Waals surface area contributed by atoms with Crippen molar-refractivity contribution < 1.29 is 14.2 Å². The molecule has 0 radical (unpaired) electrons. The Morgan fingerprint density at radius 3 is 2.29 bits per heavy atom. The van der Waals surface area contributed by atoms with E-state index in [1.807, 2.05) is 0 Å². The van der Waals surface area contributed by atoms with Gasteiger partial charge < -0.3 is 24.4 Å². The molecule has 100 valence electrons. The summed E-state index contributed by atoms with van der Waals surface area (Å²) in [7, 11) is 5.11. The summed E-state index contributed by atoms with van der Waals surface area (Å²) in [4.78, 5) is 2.09. The van der Waals surface area contributed by atoms with Gasteiger partial charge in [-0.2, -0.15) is 0 Å². The van der Waals surface area contributed by atoms with Crippen molar-refractivity contribution in [3.05, 3.63) is 0 Å². The third kappa shape index (κ3) is 4.39. The van der Waals surface area contributed by atoms with Crippen LogP contribution in [0.2, 0.25) is 0 Å². The molecule has 0 spiro atoms. The van der Waals surface area contributed by atoms with Crippen molar-refractivity contribution in [2.75, 3.05) is 47.6 Å². The zero-order valence-electron chi connectivity index (χ0n) is 10.8. The van der Waals surface area contributed by atoms with Crippen LogP contribution in [0.5, 0.6) is 0 Å². The number of likely N-dealkylation sites (tertiary alicyclic amines) is 1. The van der Waals surface area contributed by atoms with Crippen LogP contribution in [0.15, 0.2) is 0 Å². The highest BCUT2D eigenvalue weighted by Crippen LogP contribution is 2.15. The van der Waals surface area contributed by atoms with Gasteiger partial charge in [0.1, 0.15) is 12.2 Å². The van der Waals surface area contributed by atoms with Crippen molar-refractivity contribution in [3.63, 3.8) is 0 Å². The van der Waals surface area contributed by atoms with Gasteiger partial charge >= 0.3 is 0 Å². The number of hydrogen-bond acceptors (Lipinski definition) is 4. The minimum Gasteiger partial charge on any atom is -0.385 e. The molecule has 5 nitrogen and oxygen atoms in total. The Morgan fingerprint density at radius 2 is 1.82 bits per heavy atom. The molecule has 1 saturated heterocycles. The molecule has 1 rings (SSSR count). The van der Waals surface area contributed by atoms with Gasteiger partial charge in [-0.05, 0) is 18.6 Å². The molecule has 2 atom stereocenters. The largest absolute Gasteiger partial charge is 0.385 e. The number of rotatable bonds is 6. The van der Waals surface area contributed by atoms with Crippen LogP contribution in [-0.2, 0) is 14.2 Å². The van der Waals surface area contributed by atoms with E-state index in [0.29, 0.717) is 0 Å². The Morgan fingerprint density at radius 1 is 1.24 bits per heavy atom. The lowest BCUT2D eigenvalue weighted by Gasteiger charge is -2.19. The monoisotopic (exact) mass is 262 g/mol. The molecule has 1 N–H and O–H groups in total. The number of nitrogens with one attached hydrogen (secondary N) is 1. The number of methoxy groups -OCH3 is 3. The normalized spacial score (nSPS) is 24.1. The fourth-order valence-corrected chi connectivity index (χ4v) is 2.14. The smallest absolute Gasteiger partial charge is 0.169 e. The summed E-state index contributed by atoms with van der Waals surface area (Å²) in [6, 6.07) is 0. The highest BCUT2D eigenvalue weighted by atomic mass is 32.1. The predicted octanol–water partition coefficient (Wildman–Crippen LogP) is 0.243. The van der Waals surface area contributed by atoms with Crippen molar-refractivity contribution >= 4 is 17.3 Å². The lowest BCUT2D eigenvalue weighted by Crippen LogP contribution is -2.39. The van der Waals surface area contributed by atoms with Gasteiger partial charge in [-0.3, -0.25) is 0 Å². The molecule has 0 aliphatic carbocycles. The van der Waals surface area contributed by atoms with Crippen molar-refractivity contribution in [1.82, 2.24) is 10.2 Å². The molecular formula is C11H22N2O3S. The van der Waals surface area contributed by atoms with E-state index < -0.39 is 0 Å². The van der Waals surface area contributed by atoms with Crippen LogP contribution < -0.4 is 5.32 Å². The average Bonchev–Trinajstić information content (AvgIpc) is 2.77. The standard InChI is InChI=1S/C11H22N2O3S/c1-14-6-4-5-12-11(17)13-7-9(15-2)10(8-13)16-3/h9-10H,4-8H2,1-3H3,(H,12,17). The lowest BCUT2D eigenvalue weighted by atomic mass is 10.3. The third-order valence-electron chi connectivity index (χ3n) is 2.91. The van der Waals surface area contributed by atoms with Crippen LogP contribution in [0, 0.1) is 0 Å². The van der Waals surface area contributed by atoms with Gasteiger partial charge in [0.25, 0.3) is 0 Å². The molecule has 2 unspecified atom stereocenters. The van der Waals surface area contributed by atoms with E-state index in [2.05, 4.69) is 10.2 Å². The quantitative estimate of drug-likeness (QED) is 0.546. The van der Waals surface area contributed by atoms with Gasteiger partial charge in [-0.25, -0.2) is 0 Å². The molecule has 1 aliphatic rings. The van der Waals surface area contributed by atoms with E-state index in [-0.39, 0.29) is 12.2 Å². The minimum atomic E-state index is 0.0960. The van der Waals surface area contributed by atoms with E-state index in [1.165, 1.54) is 0 Å². The SMILES string of the molecule is COCCCNC(=S)N1CC(OC)C(OC)C1. The van der Waals surface area contributed by atoms with E-state index >= 15 is 0 Å². The molecule has 0 amide bonds. The Kier molecular flexibility index (Phi) is 6.72. The van der Waals surface area contributed by atoms with Crippen molar-refractivity contribution in [3.8, 4) is 0 Å². The molecule has 0 aromatic rings. The molecule has 1 heterocycles. The summed E-state index contributed by atoms with van der Waals surface area (Å²) < 4.78 is 15.7.